The summed E-state index contributed by atoms with van der Waals surface area (Å²) >= 11 is 0. The number of hydrogen-bond donors (Lipinski definition) is 2. The lowest BCUT2D eigenvalue weighted by Crippen LogP contribution is -2.45. The number of hydrogen-bond acceptors (Lipinski definition) is 2. The van der Waals surface area contributed by atoms with Crippen LogP contribution in [0.15, 0.2) is 42.5 Å². The zero-order valence-corrected chi connectivity index (χ0v) is 13.7. The predicted molar refractivity (Wildman–Crippen MR) is 93.7 cm³/mol. The summed E-state index contributed by atoms with van der Waals surface area (Å²) in [6, 6.07) is 13.9. The molecule has 2 N–H and O–H groups in total. The lowest BCUT2D eigenvalue weighted by atomic mass is 9.83. The van der Waals surface area contributed by atoms with E-state index in [0.717, 1.165) is 42.4 Å². The van der Waals surface area contributed by atoms with Crippen molar-refractivity contribution in [3.05, 3.63) is 48.0 Å². The maximum atomic E-state index is 12.5. The second kappa shape index (κ2) is 7.12. The fraction of sp³-hybridized carbons (Fsp3) is 0.389. The molecule has 1 aliphatic rings. The van der Waals surface area contributed by atoms with Crippen molar-refractivity contribution in [2.45, 2.75) is 19.8 Å². The molecular formula is C18H23ClN2O. The number of nitrogens with one attached hydrogen (secondary N) is 2. The summed E-state index contributed by atoms with van der Waals surface area (Å²) < 4.78 is 0. The van der Waals surface area contributed by atoms with Crippen molar-refractivity contribution in [1.29, 1.82) is 0 Å². The fourth-order valence-electron chi connectivity index (χ4n) is 3.08. The molecule has 1 fully saturated rings. The molecule has 0 bridgehead atoms. The largest absolute Gasteiger partial charge is 0.351 e. The third-order valence-electron chi connectivity index (χ3n) is 4.40. The van der Waals surface area contributed by atoms with Crippen LogP contribution in [0.4, 0.5) is 0 Å². The van der Waals surface area contributed by atoms with E-state index in [1.54, 1.807) is 0 Å². The lowest BCUT2D eigenvalue weighted by Gasteiger charge is -2.34. The van der Waals surface area contributed by atoms with E-state index in [1.165, 1.54) is 6.42 Å². The van der Waals surface area contributed by atoms with Crippen molar-refractivity contribution >= 4 is 29.1 Å². The van der Waals surface area contributed by atoms with Gasteiger partial charge in [0.15, 0.2) is 0 Å². The number of fused-ring (bicyclic) bond motifs is 1. The van der Waals surface area contributed by atoms with Crippen LogP contribution < -0.4 is 10.6 Å². The summed E-state index contributed by atoms with van der Waals surface area (Å²) in [5.74, 6) is 0.0265. The van der Waals surface area contributed by atoms with Gasteiger partial charge in [0.05, 0.1) is 0 Å². The molecule has 3 rings (SSSR count). The molecule has 2 aromatic rings. The van der Waals surface area contributed by atoms with E-state index in [-0.39, 0.29) is 23.7 Å². The van der Waals surface area contributed by atoms with Gasteiger partial charge in [0.25, 0.3) is 5.91 Å². The molecule has 3 nitrogen and oxygen atoms in total. The standard InChI is InChI=1S/C18H22N2O.ClH/c1-18(10-5-11-19-12-18)13-20-17(21)16-9-4-7-14-6-2-3-8-15(14)16;/h2-4,6-9,19H,5,10-13H2,1H3,(H,20,21);1H. The number of carbonyl (C=O) groups excluding carboxylic acids is 1. The Morgan fingerprint density at radius 2 is 2.00 bits per heavy atom. The highest BCUT2D eigenvalue weighted by molar-refractivity contribution is 6.07. The van der Waals surface area contributed by atoms with Gasteiger partial charge in [-0.1, -0.05) is 43.3 Å². The molecule has 1 atom stereocenters. The number of rotatable bonds is 3. The first-order valence-corrected chi connectivity index (χ1v) is 7.65. The Hall–Kier alpha value is -1.58. The van der Waals surface area contributed by atoms with Crippen LogP contribution in [0.2, 0.25) is 0 Å². The van der Waals surface area contributed by atoms with E-state index < -0.39 is 0 Å². The molecule has 0 saturated carbocycles. The molecule has 4 heteroatoms. The minimum Gasteiger partial charge on any atom is -0.351 e. The second-order valence-corrected chi connectivity index (χ2v) is 6.30. The quantitative estimate of drug-likeness (QED) is 0.911. The van der Waals surface area contributed by atoms with E-state index in [2.05, 4.69) is 17.6 Å². The first kappa shape index (κ1) is 16.8. The molecule has 22 heavy (non-hydrogen) atoms. The van der Waals surface area contributed by atoms with Crippen LogP contribution >= 0.6 is 12.4 Å². The Morgan fingerprint density at radius 1 is 1.23 bits per heavy atom. The third-order valence-corrected chi connectivity index (χ3v) is 4.40. The predicted octanol–water partition coefficient (Wildman–Crippen LogP) is 3.38. The number of halogens is 1. The molecule has 0 spiro atoms. The summed E-state index contributed by atoms with van der Waals surface area (Å²) in [6.45, 7) is 5.03. The highest BCUT2D eigenvalue weighted by atomic mass is 35.5. The Balaban J connectivity index is 0.00000176. The van der Waals surface area contributed by atoms with Gasteiger partial charge in [-0.3, -0.25) is 4.79 Å². The fourth-order valence-corrected chi connectivity index (χ4v) is 3.08. The molecule has 2 aromatic carbocycles. The van der Waals surface area contributed by atoms with Crippen molar-refractivity contribution in [2.75, 3.05) is 19.6 Å². The molecule has 1 heterocycles. The maximum absolute atomic E-state index is 12.5. The van der Waals surface area contributed by atoms with Gasteiger partial charge in [0.2, 0.25) is 0 Å². The average Bonchev–Trinajstić information content (AvgIpc) is 2.53. The zero-order valence-electron chi connectivity index (χ0n) is 12.9. The van der Waals surface area contributed by atoms with Gasteiger partial charge in [0.1, 0.15) is 0 Å². The van der Waals surface area contributed by atoms with Gasteiger partial charge in [-0.25, -0.2) is 0 Å². The van der Waals surface area contributed by atoms with Gasteiger partial charge < -0.3 is 10.6 Å². The molecule has 118 valence electrons. The Bertz CT molecular complexity index is 645. The molecule has 1 unspecified atom stereocenters. The third kappa shape index (κ3) is 3.60. The first-order valence-electron chi connectivity index (χ1n) is 7.65. The zero-order chi connectivity index (χ0) is 14.7. The van der Waals surface area contributed by atoms with Crippen LogP contribution in [0, 0.1) is 5.41 Å². The van der Waals surface area contributed by atoms with E-state index in [4.69, 9.17) is 0 Å². The number of carbonyl (C=O) groups is 1. The molecule has 1 aliphatic heterocycles. The smallest absolute Gasteiger partial charge is 0.251 e. The second-order valence-electron chi connectivity index (χ2n) is 6.30. The lowest BCUT2D eigenvalue weighted by molar-refractivity contribution is 0.0926. The van der Waals surface area contributed by atoms with Crippen LogP contribution in [0.5, 0.6) is 0 Å². The van der Waals surface area contributed by atoms with Crippen LogP contribution in [0.1, 0.15) is 30.1 Å². The monoisotopic (exact) mass is 318 g/mol. The Morgan fingerprint density at radius 3 is 2.77 bits per heavy atom. The summed E-state index contributed by atoms with van der Waals surface area (Å²) in [7, 11) is 0. The van der Waals surface area contributed by atoms with Crippen LogP contribution in [0.25, 0.3) is 10.8 Å². The van der Waals surface area contributed by atoms with Crippen molar-refractivity contribution in [1.82, 2.24) is 10.6 Å². The number of amides is 1. The van der Waals surface area contributed by atoms with E-state index in [1.807, 2.05) is 42.5 Å². The summed E-state index contributed by atoms with van der Waals surface area (Å²) in [5, 5.41) is 8.66. The molecule has 1 amide bonds. The topological polar surface area (TPSA) is 41.1 Å². The minimum absolute atomic E-state index is 0. The van der Waals surface area contributed by atoms with Crippen molar-refractivity contribution in [3.8, 4) is 0 Å². The van der Waals surface area contributed by atoms with Crippen molar-refractivity contribution in [2.24, 2.45) is 5.41 Å². The summed E-state index contributed by atoms with van der Waals surface area (Å²) in [6.07, 6.45) is 2.34. The molecular weight excluding hydrogens is 296 g/mol. The molecule has 0 aliphatic carbocycles. The van der Waals surface area contributed by atoms with Crippen LogP contribution in [-0.4, -0.2) is 25.5 Å². The van der Waals surface area contributed by atoms with Crippen LogP contribution in [0.3, 0.4) is 0 Å². The van der Waals surface area contributed by atoms with E-state index >= 15 is 0 Å². The highest BCUT2D eigenvalue weighted by Gasteiger charge is 2.27. The molecule has 0 aromatic heterocycles. The first-order chi connectivity index (χ1) is 10.2. The van der Waals surface area contributed by atoms with Crippen LogP contribution in [-0.2, 0) is 0 Å². The normalized spacial score (nSPS) is 21.1. The van der Waals surface area contributed by atoms with Gasteiger partial charge in [-0.05, 0) is 41.6 Å². The van der Waals surface area contributed by atoms with Gasteiger partial charge in [-0.2, -0.15) is 0 Å². The van der Waals surface area contributed by atoms with Gasteiger partial charge >= 0.3 is 0 Å². The Labute approximate surface area is 137 Å². The molecule has 1 saturated heterocycles. The van der Waals surface area contributed by atoms with Gasteiger partial charge in [-0.15, -0.1) is 12.4 Å². The Kier molecular flexibility index (Phi) is 5.43. The SMILES string of the molecule is CC1(CNC(=O)c2cccc3ccccc23)CCCNC1.Cl. The summed E-state index contributed by atoms with van der Waals surface area (Å²) in [4.78, 5) is 12.5. The average molecular weight is 319 g/mol. The van der Waals surface area contributed by atoms with E-state index in [0.29, 0.717) is 0 Å². The minimum atomic E-state index is 0. The maximum Gasteiger partial charge on any atom is 0.251 e. The molecule has 0 radical (unpaired) electrons. The number of benzene rings is 2. The summed E-state index contributed by atoms with van der Waals surface area (Å²) in [5.41, 5.74) is 0.929. The van der Waals surface area contributed by atoms with E-state index in [9.17, 15) is 4.79 Å². The number of piperidine rings is 1. The van der Waals surface area contributed by atoms with Crippen molar-refractivity contribution in [3.63, 3.8) is 0 Å². The highest BCUT2D eigenvalue weighted by Crippen LogP contribution is 2.25. The van der Waals surface area contributed by atoms with Gasteiger partial charge in [0, 0.05) is 18.7 Å². The van der Waals surface area contributed by atoms with Crippen molar-refractivity contribution < 1.29 is 4.79 Å².